The van der Waals surface area contributed by atoms with Crippen LogP contribution in [0.3, 0.4) is 0 Å². The smallest absolute Gasteiger partial charge is 0.270 e. The van der Waals surface area contributed by atoms with Gasteiger partial charge in [0.25, 0.3) is 5.91 Å². The zero-order valence-electron chi connectivity index (χ0n) is 17.0. The van der Waals surface area contributed by atoms with E-state index in [4.69, 9.17) is 0 Å². The number of H-pyrrole nitrogens is 1. The maximum atomic E-state index is 12.4. The summed E-state index contributed by atoms with van der Waals surface area (Å²) < 4.78 is 0. The van der Waals surface area contributed by atoms with E-state index in [9.17, 15) is 14.7 Å². The Kier molecular flexibility index (Phi) is 6.05. The third-order valence-corrected chi connectivity index (χ3v) is 5.70. The Hall–Kier alpha value is -2.85. The number of carbonyl (C=O) groups is 2. The highest BCUT2D eigenvalue weighted by molar-refractivity contribution is 5.92. The molecule has 0 aliphatic carbocycles. The van der Waals surface area contributed by atoms with Crippen LogP contribution in [-0.2, 0) is 24.2 Å². The Bertz CT molecular complexity index is 909. The Labute approximate surface area is 174 Å². The number of nitrogens with zero attached hydrogens (tertiary/aromatic N) is 5. The first-order chi connectivity index (χ1) is 14.5. The van der Waals surface area contributed by atoms with Crippen molar-refractivity contribution in [3.8, 4) is 0 Å². The summed E-state index contributed by atoms with van der Waals surface area (Å²) in [6, 6.07) is 1.68. The summed E-state index contributed by atoms with van der Waals surface area (Å²) in [7, 11) is 0. The quantitative estimate of drug-likeness (QED) is 0.551. The van der Waals surface area contributed by atoms with Gasteiger partial charge in [-0.2, -0.15) is 5.10 Å². The van der Waals surface area contributed by atoms with Gasteiger partial charge in [0.05, 0.1) is 12.3 Å². The van der Waals surface area contributed by atoms with Crippen LogP contribution in [0.2, 0.25) is 0 Å². The molecule has 2 aromatic heterocycles. The molecule has 10 heteroatoms. The average molecular weight is 413 g/mol. The molecule has 0 unspecified atom stereocenters. The van der Waals surface area contributed by atoms with Crippen LogP contribution in [0, 0.1) is 5.92 Å². The standard InChI is InChI=1S/C20H27N7O3/c1-13(28)27-8-14(9-27)4-16-5-19(23-12-22-16)20(30)21-7-17(29)11-26-3-2-18-15(10-26)6-24-25-18/h5-6,12,14,17,29H,2-4,7-11H2,1H3,(H,21,30)(H,24,25)/t17-/m0/s1. The largest absolute Gasteiger partial charge is 0.390 e. The van der Waals surface area contributed by atoms with Crippen LogP contribution in [0.5, 0.6) is 0 Å². The molecule has 30 heavy (non-hydrogen) atoms. The number of nitrogens with one attached hydrogen (secondary N) is 2. The van der Waals surface area contributed by atoms with E-state index < -0.39 is 6.10 Å². The van der Waals surface area contributed by atoms with Crippen molar-refractivity contribution in [1.82, 2.24) is 35.3 Å². The van der Waals surface area contributed by atoms with Crippen molar-refractivity contribution < 1.29 is 14.7 Å². The summed E-state index contributed by atoms with van der Waals surface area (Å²) in [4.78, 5) is 36.0. The van der Waals surface area contributed by atoms with Gasteiger partial charge >= 0.3 is 0 Å². The van der Waals surface area contributed by atoms with E-state index in [0.29, 0.717) is 18.9 Å². The van der Waals surface area contributed by atoms with E-state index >= 15 is 0 Å². The number of aromatic nitrogens is 4. The lowest BCUT2D eigenvalue weighted by atomic mass is 9.94. The minimum atomic E-state index is -0.670. The number of carbonyl (C=O) groups excluding carboxylic acids is 2. The predicted molar refractivity (Wildman–Crippen MR) is 107 cm³/mol. The predicted octanol–water partition coefficient (Wildman–Crippen LogP) is -0.630. The first-order valence-electron chi connectivity index (χ1n) is 10.2. The zero-order valence-corrected chi connectivity index (χ0v) is 17.0. The molecule has 0 saturated carbocycles. The van der Waals surface area contributed by atoms with Gasteiger partial charge in [-0.1, -0.05) is 0 Å². The van der Waals surface area contributed by atoms with Crippen molar-refractivity contribution in [2.75, 3.05) is 32.7 Å². The lowest BCUT2D eigenvalue weighted by Gasteiger charge is -2.38. The van der Waals surface area contributed by atoms with Crippen LogP contribution in [0.1, 0.15) is 34.4 Å². The average Bonchev–Trinajstić information content (AvgIpc) is 3.16. The third kappa shape index (κ3) is 4.82. The molecule has 2 aliphatic heterocycles. The Balaban J connectivity index is 1.22. The highest BCUT2D eigenvalue weighted by Gasteiger charge is 2.29. The van der Waals surface area contributed by atoms with Crippen LogP contribution in [0.4, 0.5) is 0 Å². The lowest BCUT2D eigenvalue weighted by Crippen LogP contribution is -2.49. The molecule has 0 spiro atoms. The zero-order chi connectivity index (χ0) is 21.1. The Morgan fingerprint density at radius 3 is 3.00 bits per heavy atom. The summed E-state index contributed by atoms with van der Waals surface area (Å²) in [6.45, 7) is 5.24. The van der Waals surface area contributed by atoms with Gasteiger partial charge in [-0.15, -0.1) is 0 Å². The second-order valence-electron chi connectivity index (χ2n) is 8.11. The fourth-order valence-corrected chi connectivity index (χ4v) is 3.99. The molecule has 0 aromatic carbocycles. The van der Waals surface area contributed by atoms with E-state index in [0.717, 1.165) is 49.6 Å². The minimum Gasteiger partial charge on any atom is -0.390 e. The van der Waals surface area contributed by atoms with E-state index in [-0.39, 0.29) is 24.1 Å². The van der Waals surface area contributed by atoms with E-state index in [2.05, 4.69) is 30.4 Å². The molecule has 4 heterocycles. The summed E-state index contributed by atoms with van der Waals surface area (Å²) in [5.74, 6) is 0.122. The van der Waals surface area contributed by atoms with Crippen LogP contribution in [-0.4, -0.2) is 85.7 Å². The molecule has 2 aromatic rings. The summed E-state index contributed by atoms with van der Waals surface area (Å²) in [5.41, 5.74) is 3.39. The fourth-order valence-electron chi connectivity index (χ4n) is 3.99. The van der Waals surface area contributed by atoms with E-state index in [1.54, 1.807) is 17.9 Å². The van der Waals surface area contributed by atoms with E-state index in [1.165, 1.54) is 6.33 Å². The lowest BCUT2D eigenvalue weighted by molar-refractivity contribution is -0.134. The molecule has 1 atom stereocenters. The number of β-amino-alcohol motifs (C(OH)–C–C–N with tert-alkyl or cyclic N) is 1. The molecule has 2 amide bonds. The van der Waals surface area contributed by atoms with E-state index in [1.807, 2.05) is 6.20 Å². The van der Waals surface area contributed by atoms with Crippen molar-refractivity contribution in [2.24, 2.45) is 5.92 Å². The van der Waals surface area contributed by atoms with Gasteiger partial charge in [0.15, 0.2) is 0 Å². The Morgan fingerprint density at radius 2 is 2.20 bits per heavy atom. The minimum absolute atomic E-state index is 0.0855. The Morgan fingerprint density at radius 1 is 1.37 bits per heavy atom. The molecule has 3 N–H and O–H groups in total. The number of aliphatic hydroxyl groups is 1. The highest BCUT2D eigenvalue weighted by Crippen LogP contribution is 2.19. The molecule has 2 aliphatic rings. The van der Waals surface area contributed by atoms with Gasteiger partial charge in [-0.25, -0.2) is 9.97 Å². The van der Waals surface area contributed by atoms with Crippen LogP contribution in [0.15, 0.2) is 18.6 Å². The normalized spacial score (nSPS) is 17.9. The van der Waals surface area contributed by atoms with Crippen LogP contribution in [0.25, 0.3) is 0 Å². The van der Waals surface area contributed by atoms with Gasteiger partial charge in [0.1, 0.15) is 12.0 Å². The van der Waals surface area contributed by atoms with Gasteiger partial charge in [0, 0.05) is 69.6 Å². The molecule has 1 fully saturated rings. The SMILES string of the molecule is CC(=O)N1CC(Cc2cc(C(=O)NC[C@H](O)CN3CCc4[nH]ncc4C3)ncn2)C1. The van der Waals surface area contributed by atoms with Gasteiger partial charge in [-0.05, 0) is 18.4 Å². The number of rotatable bonds is 7. The van der Waals surface area contributed by atoms with Crippen molar-refractivity contribution >= 4 is 11.8 Å². The number of aliphatic hydroxyl groups excluding tert-OH is 1. The van der Waals surface area contributed by atoms with Crippen molar-refractivity contribution in [1.29, 1.82) is 0 Å². The van der Waals surface area contributed by atoms with Crippen LogP contribution >= 0.6 is 0 Å². The molecular weight excluding hydrogens is 386 g/mol. The molecule has 10 nitrogen and oxygen atoms in total. The second-order valence-corrected chi connectivity index (χ2v) is 8.11. The third-order valence-electron chi connectivity index (χ3n) is 5.70. The van der Waals surface area contributed by atoms with Crippen molar-refractivity contribution in [3.63, 3.8) is 0 Å². The molecule has 0 bridgehead atoms. The summed E-state index contributed by atoms with van der Waals surface area (Å²) in [5, 5.41) is 20.1. The fraction of sp³-hybridized carbons (Fsp3) is 0.550. The first kappa shape index (κ1) is 20.4. The molecule has 1 saturated heterocycles. The second kappa shape index (κ2) is 8.88. The van der Waals surface area contributed by atoms with Gasteiger partial charge in [-0.3, -0.25) is 19.6 Å². The van der Waals surface area contributed by atoms with Crippen LogP contribution < -0.4 is 5.32 Å². The summed E-state index contributed by atoms with van der Waals surface area (Å²) in [6.07, 6.45) is 4.13. The number of hydrogen-bond donors (Lipinski definition) is 3. The molecule has 160 valence electrons. The van der Waals surface area contributed by atoms with Crippen molar-refractivity contribution in [3.05, 3.63) is 41.2 Å². The topological polar surface area (TPSA) is 127 Å². The number of hydrogen-bond acceptors (Lipinski definition) is 7. The first-order valence-corrected chi connectivity index (χ1v) is 10.2. The monoisotopic (exact) mass is 413 g/mol. The number of fused-ring (bicyclic) bond motifs is 1. The summed E-state index contributed by atoms with van der Waals surface area (Å²) >= 11 is 0. The highest BCUT2D eigenvalue weighted by atomic mass is 16.3. The van der Waals surface area contributed by atoms with Gasteiger partial charge in [0.2, 0.25) is 5.91 Å². The molecule has 0 radical (unpaired) electrons. The molecule has 4 rings (SSSR count). The number of likely N-dealkylation sites (tertiary alicyclic amines) is 1. The number of amides is 2. The molecular formula is C20H27N7O3. The van der Waals surface area contributed by atoms with Crippen molar-refractivity contribution in [2.45, 2.75) is 32.4 Å². The van der Waals surface area contributed by atoms with Gasteiger partial charge < -0.3 is 15.3 Å². The maximum Gasteiger partial charge on any atom is 0.270 e. The maximum absolute atomic E-state index is 12.4. The number of aromatic amines is 1.